The lowest BCUT2D eigenvalue weighted by molar-refractivity contribution is 0.0665. The summed E-state index contributed by atoms with van der Waals surface area (Å²) in [5.74, 6) is 1.04. The van der Waals surface area contributed by atoms with Crippen molar-refractivity contribution in [2.45, 2.75) is 33.1 Å². The zero-order valence-corrected chi connectivity index (χ0v) is 16.0. The van der Waals surface area contributed by atoms with E-state index in [4.69, 9.17) is 4.52 Å². The van der Waals surface area contributed by atoms with Gasteiger partial charge in [0.2, 0.25) is 0 Å². The number of rotatable bonds is 4. The summed E-state index contributed by atoms with van der Waals surface area (Å²) in [6, 6.07) is 5.44. The molecule has 8 heteroatoms. The smallest absolute Gasteiger partial charge is 0.274 e. The van der Waals surface area contributed by atoms with Gasteiger partial charge in [-0.2, -0.15) is 5.10 Å². The van der Waals surface area contributed by atoms with Crippen molar-refractivity contribution in [2.75, 3.05) is 13.1 Å². The van der Waals surface area contributed by atoms with Crippen LogP contribution in [0.5, 0.6) is 0 Å². The number of hydrogen-bond acceptors (Lipinski definition) is 7. The topological polar surface area (TPSA) is 97.9 Å². The number of likely N-dealkylation sites (tertiary alicyclic amines) is 1. The van der Waals surface area contributed by atoms with E-state index in [1.807, 2.05) is 24.8 Å². The molecule has 1 aliphatic rings. The molecule has 1 amide bonds. The number of hydrogen-bond donors (Lipinski definition) is 0. The summed E-state index contributed by atoms with van der Waals surface area (Å²) in [6.07, 6.45) is 5.99. The Hall–Kier alpha value is -3.16. The van der Waals surface area contributed by atoms with Gasteiger partial charge in [-0.15, -0.1) is 5.10 Å². The van der Waals surface area contributed by atoms with Gasteiger partial charge in [0, 0.05) is 25.0 Å². The summed E-state index contributed by atoms with van der Waals surface area (Å²) < 4.78 is 5.26. The average Bonchev–Trinajstić information content (AvgIpc) is 3.06. The second-order valence-corrected chi connectivity index (χ2v) is 7.17. The van der Waals surface area contributed by atoms with Crippen LogP contribution in [0.2, 0.25) is 0 Å². The van der Waals surface area contributed by atoms with Crippen molar-refractivity contribution in [3.05, 3.63) is 53.6 Å². The molecular formula is C20H22N6O2. The van der Waals surface area contributed by atoms with E-state index in [2.05, 4.69) is 25.3 Å². The van der Waals surface area contributed by atoms with E-state index in [1.54, 1.807) is 24.7 Å². The third kappa shape index (κ3) is 3.76. The highest BCUT2D eigenvalue weighted by Gasteiger charge is 2.26. The van der Waals surface area contributed by atoms with Crippen LogP contribution in [0.1, 0.15) is 40.5 Å². The van der Waals surface area contributed by atoms with Crippen molar-refractivity contribution >= 4 is 5.91 Å². The molecule has 0 unspecified atom stereocenters. The molecule has 4 rings (SSSR count). The van der Waals surface area contributed by atoms with E-state index < -0.39 is 0 Å². The van der Waals surface area contributed by atoms with E-state index in [-0.39, 0.29) is 5.91 Å². The Morgan fingerprint density at radius 3 is 2.96 bits per heavy atom. The highest BCUT2D eigenvalue weighted by molar-refractivity contribution is 5.92. The Kier molecular flexibility index (Phi) is 5.10. The maximum Gasteiger partial charge on any atom is 0.274 e. The third-order valence-corrected chi connectivity index (χ3v) is 5.11. The average molecular weight is 378 g/mol. The largest absolute Gasteiger partial charge is 0.361 e. The second-order valence-electron chi connectivity index (χ2n) is 7.17. The molecule has 144 valence electrons. The summed E-state index contributed by atoms with van der Waals surface area (Å²) in [5.41, 5.74) is 3.92. The minimum Gasteiger partial charge on any atom is -0.361 e. The Morgan fingerprint density at radius 2 is 2.21 bits per heavy atom. The fourth-order valence-electron chi connectivity index (χ4n) is 3.78. The molecule has 0 N–H and O–H groups in total. The molecule has 1 atom stereocenters. The van der Waals surface area contributed by atoms with Gasteiger partial charge in [0.1, 0.15) is 12.1 Å². The molecule has 3 aromatic rings. The van der Waals surface area contributed by atoms with Crippen LogP contribution in [0.4, 0.5) is 0 Å². The summed E-state index contributed by atoms with van der Waals surface area (Å²) >= 11 is 0. The number of carbonyl (C=O) groups is 1. The minimum absolute atomic E-state index is 0.0584. The van der Waals surface area contributed by atoms with Crippen molar-refractivity contribution in [3.63, 3.8) is 0 Å². The van der Waals surface area contributed by atoms with Crippen LogP contribution in [0.25, 0.3) is 11.3 Å². The fraction of sp³-hybridized carbons (Fsp3) is 0.400. The molecule has 0 spiro atoms. The molecule has 4 heterocycles. The first-order valence-corrected chi connectivity index (χ1v) is 9.43. The van der Waals surface area contributed by atoms with E-state index in [9.17, 15) is 4.79 Å². The number of nitrogens with zero attached hydrogens (tertiary/aromatic N) is 6. The van der Waals surface area contributed by atoms with Crippen LogP contribution in [-0.2, 0) is 6.42 Å². The van der Waals surface area contributed by atoms with E-state index >= 15 is 0 Å². The lowest BCUT2D eigenvalue weighted by atomic mass is 9.92. The third-order valence-electron chi connectivity index (χ3n) is 5.11. The van der Waals surface area contributed by atoms with E-state index in [0.29, 0.717) is 18.2 Å². The number of piperidine rings is 1. The lowest BCUT2D eigenvalue weighted by Crippen LogP contribution is -2.41. The van der Waals surface area contributed by atoms with E-state index in [1.165, 1.54) is 0 Å². The summed E-state index contributed by atoms with van der Waals surface area (Å²) in [7, 11) is 0. The van der Waals surface area contributed by atoms with Crippen LogP contribution >= 0.6 is 0 Å². The van der Waals surface area contributed by atoms with Gasteiger partial charge in [-0.1, -0.05) is 5.16 Å². The van der Waals surface area contributed by atoms with E-state index in [0.717, 1.165) is 54.2 Å². The molecule has 0 bridgehead atoms. The first-order chi connectivity index (χ1) is 13.6. The Bertz CT molecular complexity index is 952. The van der Waals surface area contributed by atoms with Crippen molar-refractivity contribution in [1.29, 1.82) is 0 Å². The number of amides is 1. The first kappa shape index (κ1) is 18.2. The summed E-state index contributed by atoms with van der Waals surface area (Å²) in [6.45, 7) is 5.24. The lowest BCUT2D eigenvalue weighted by Gasteiger charge is -2.32. The number of carbonyl (C=O) groups excluding carboxylic acids is 1. The monoisotopic (exact) mass is 378 g/mol. The van der Waals surface area contributed by atoms with Crippen molar-refractivity contribution in [3.8, 4) is 11.3 Å². The second kappa shape index (κ2) is 7.84. The molecule has 1 fully saturated rings. The zero-order valence-electron chi connectivity index (χ0n) is 16.0. The standard InChI is InChI=1S/C20H22N6O2/c1-13-19(14(2)28-25-13)18-10-16(21-12-22-18)9-15-5-4-8-26(11-15)20(27)17-6-3-7-23-24-17/h3,6-7,10,12,15H,4-5,8-9,11H2,1-2H3/t15-/m0/s1. The Labute approximate surface area is 163 Å². The van der Waals surface area contributed by atoms with Crippen LogP contribution < -0.4 is 0 Å². The molecular weight excluding hydrogens is 356 g/mol. The highest BCUT2D eigenvalue weighted by atomic mass is 16.5. The van der Waals surface area contributed by atoms with Gasteiger partial charge in [0.25, 0.3) is 5.91 Å². The maximum atomic E-state index is 12.7. The van der Waals surface area contributed by atoms with Gasteiger partial charge in [-0.3, -0.25) is 4.79 Å². The fourth-order valence-corrected chi connectivity index (χ4v) is 3.78. The minimum atomic E-state index is -0.0584. The van der Waals surface area contributed by atoms with Crippen molar-refractivity contribution < 1.29 is 9.32 Å². The van der Waals surface area contributed by atoms with Crippen molar-refractivity contribution in [1.82, 2.24) is 30.2 Å². The SMILES string of the molecule is Cc1noc(C)c1-c1cc(C[C@@H]2CCCN(C(=O)c3cccnn3)C2)ncn1. The molecule has 3 aromatic heterocycles. The molecule has 0 radical (unpaired) electrons. The maximum absolute atomic E-state index is 12.7. The zero-order chi connectivity index (χ0) is 19.5. The Morgan fingerprint density at radius 1 is 1.32 bits per heavy atom. The van der Waals surface area contributed by atoms with Gasteiger partial charge in [-0.25, -0.2) is 9.97 Å². The predicted molar refractivity (Wildman–Crippen MR) is 101 cm³/mol. The molecule has 1 saturated heterocycles. The molecule has 0 aromatic carbocycles. The van der Waals surface area contributed by atoms with Gasteiger partial charge in [0.05, 0.1) is 17.0 Å². The van der Waals surface area contributed by atoms with Gasteiger partial charge in [-0.05, 0) is 57.2 Å². The number of aromatic nitrogens is 5. The number of aryl methyl sites for hydroxylation is 2. The molecule has 8 nitrogen and oxygen atoms in total. The molecule has 0 aliphatic carbocycles. The van der Waals surface area contributed by atoms with Crippen LogP contribution in [0, 0.1) is 19.8 Å². The normalized spacial score (nSPS) is 16.9. The van der Waals surface area contributed by atoms with Gasteiger partial charge in [0.15, 0.2) is 5.69 Å². The van der Waals surface area contributed by atoms with Crippen LogP contribution in [0.3, 0.4) is 0 Å². The highest BCUT2D eigenvalue weighted by Crippen LogP contribution is 2.27. The molecule has 28 heavy (non-hydrogen) atoms. The van der Waals surface area contributed by atoms with Crippen LogP contribution in [0.15, 0.2) is 35.2 Å². The molecule has 1 aliphatic heterocycles. The van der Waals surface area contributed by atoms with Gasteiger partial charge >= 0.3 is 0 Å². The summed E-state index contributed by atoms with van der Waals surface area (Å²) in [5, 5.41) is 11.8. The van der Waals surface area contributed by atoms with Crippen LogP contribution in [-0.4, -0.2) is 49.2 Å². The summed E-state index contributed by atoms with van der Waals surface area (Å²) in [4.78, 5) is 23.4. The predicted octanol–water partition coefficient (Wildman–Crippen LogP) is 2.63. The Balaban J connectivity index is 1.47. The first-order valence-electron chi connectivity index (χ1n) is 9.43. The quantitative estimate of drug-likeness (QED) is 0.688. The molecule has 0 saturated carbocycles. The van der Waals surface area contributed by atoms with Crippen molar-refractivity contribution in [2.24, 2.45) is 5.92 Å². The van der Waals surface area contributed by atoms with Gasteiger partial charge < -0.3 is 9.42 Å².